The Morgan fingerprint density at radius 2 is 2.13 bits per heavy atom. The van der Waals surface area contributed by atoms with E-state index in [4.69, 9.17) is 6.42 Å². The monoisotopic (exact) mass is 201 g/mol. The molecule has 1 unspecified atom stereocenters. The van der Waals surface area contributed by atoms with Gasteiger partial charge in [-0.1, -0.05) is 23.6 Å². The molecule has 2 nitrogen and oxygen atoms in total. The highest BCUT2D eigenvalue weighted by atomic mass is 16.1. The van der Waals surface area contributed by atoms with Crippen LogP contribution in [-0.4, -0.2) is 11.9 Å². The maximum absolute atomic E-state index is 11.7. The molecule has 0 saturated heterocycles. The first-order valence-electron chi connectivity index (χ1n) is 4.89. The Morgan fingerprint density at radius 3 is 2.67 bits per heavy atom. The van der Waals surface area contributed by atoms with E-state index < -0.39 is 0 Å². The zero-order chi connectivity index (χ0) is 11.4. The average Bonchev–Trinajstić information content (AvgIpc) is 2.17. The molecule has 0 aliphatic rings. The van der Waals surface area contributed by atoms with Crippen LogP contribution in [0.25, 0.3) is 0 Å². The van der Waals surface area contributed by atoms with E-state index in [0.717, 1.165) is 11.1 Å². The molecule has 78 valence electrons. The topological polar surface area (TPSA) is 29.1 Å². The first kappa shape index (κ1) is 11.3. The highest BCUT2D eigenvalue weighted by Gasteiger charge is 2.10. The van der Waals surface area contributed by atoms with Crippen LogP contribution in [-0.2, 0) is 0 Å². The van der Waals surface area contributed by atoms with Crippen molar-refractivity contribution in [2.24, 2.45) is 0 Å². The summed E-state index contributed by atoms with van der Waals surface area (Å²) in [4.78, 5) is 11.7. The van der Waals surface area contributed by atoms with Gasteiger partial charge in [0.15, 0.2) is 0 Å². The minimum atomic E-state index is -0.238. The van der Waals surface area contributed by atoms with Crippen LogP contribution in [0.15, 0.2) is 18.2 Å². The Balaban J connectivity index is 2.88. The second kappa shape index (κ2) is 4.65. The number of aryl methyl sites for hydroxylation is 2. The first-order valence-corrected chi connectivity index (χ1v) is 4.89. The lowest BCUT2D eigenvalue weighted by atomic mass is 10.1. The van der Waals surface area contributed by atoms with Crippen molar-refractivity contribution < 1.29 is 4.79 Å². The van der Waals surface area contributed by atoms with Gasteiger partial charge in [0.25, 0.3) is 5.91 Å². The summed E-state index contributed by atoms with van der Waals surface area (Å²) in [6.07, 6.45) is 5.20. The van der Waals surface area contributed by atoms with Crippen molar-refractivity contribution in [3.63, 3.8) is 0 Å². The molecule has 0 spiro atoms. The summed E-state index contributed by atoms with van der Waals surface area (Å²) in [5, 5.41) is 2.73. The van der Waals surface area contributed by atoms with Crippen molar-refractivity contribution in [2.75, 3.05) is 0 Å². The van der Waals surface area contributed by atoms with Crippen LogP contribution in [0.2, 0.25) is 0 Å². The van der Waals surface area contributed by atoms with Gasteiger partial charge in [0, 0.05) is 5.56 Å². The number of carbonyl (C=O) groups is 1. The normalized spacial score (nSPS) is 11.6. The van der Waals surface area contributed by atoms with Crippen LogP contribution >= 0.6 is 0 Å². The van der Waals surface area contributed by atoms with E-state index in [9.17, 15) is 4.79 Å². The SMILES string of the molecule is C#CC(C)NC(=O)c1ccc(C)cc1C. The number of carbonyl (C=O) groups excluding carboxylic acids is 1. The molecule has 1 aromatic carbocycles. The van der Waals surface area contributed by atoms with Crippen LogP contribution < -0.4 is 5.32 Å². The van der Waals surface area contributed by atoms with Gasteiger partial charge in [-0.2, -0.15) is 0 Å². The minimum Gasteiger partial charge on any atom is -0.339 e. The largest absolute Gasteiger partial charge is 0.339 e. The van der Waals surface area contributed by atoms with E-state index in [1.54, 1.807) is 6.92 Å². The second-order valence-corrected chi connectivity index (χ2v) is 3.68. The van der Waals surface area contributed by atoms with Gasteiger partial charge in [-0.05, 0) is 32.4 Å². The smallest absolute Gasteiger partial charge is 0.252 e. The maximum Gasteiger partial charge on any atom is 0.252 e. The molecule has 0 heterocycles. The minimum absolute atomic E-state index is 0.113. The predicted octanol–water partition coefficient (Wildman–Crippen LogP) is 2.05. The third-order valence-electron chi connectivity index (χ3n) is 2.22. The van der Waals surface area contributed by atoms with Crippen LogP contribution in [0.3, 0.4) is 0 Å². The van der Waals surface area contributed by atoms with Crippen molar-refractivity contribution in [3.05, 3.63) is 34.9 Å². The second-order valence-electron chi connectivity index (χ2n) is 3.68. The van der Waals surface area contributed by atoms with Gasteiger partial charge < -0.3 is 5.32 Å². The molecule has 15 heavy (non-hydrogen) atoms. The van der Waals surface area contributed by atoms with Crippen LogP contribution in [0.4, 0.5) is 0 Å². The highest BCUT2D eigenvalue weighted by Crippen LogP contribution is 2.10. The van der Waals surface area contributed by atoms with Crippen LogP contribution in [0.1, 0.15) is 28.4 Å². The fraction of sp³-hybridized carbons (Fsp3) is 0.308. The first-order chi connectivity index (χ1) is 7.04. The fourth-order valence-corrected chi connectivity index (χ4v) is 1.38. The Bertz CT molecular complexity index is 415. The standard InChI is InChI=1S/C13H15NO/c1-5-11(4)14-13(15)12-7-6-9(2)8-10(12)3/h1,6-8,11H,2-4H3,(H,14,15). The highest BCUT2D eigenvalue weighted by molar-refractivity contribution is 5.96. The molecular formula is C13H15NO. The summed E-state index contributed by atoms with van der Waals surface area (Å²) in [7, 11) is 0. The summed E-state index contributed by atoms with van der Waals surface area (Å²) in [6, 6.07) is 5.49. The number of hydrogen-bond acceptors (Lipinski definition) is 1. The van der Waals surface area contributed by atoms with E-state index in [1.165, 1.54) is 0 Å². The van der Waals surface area contributed by atoms with Crippen molar-refractivity contribution in [2.45, 2.75) is 26.8 Å². The quantitative estimate of drug-likeness (QED) is 0.729. The lowest BCUT2D eigenvalue weighted by molar-refractivity contribution is 0.0947. The van der Waals surface area contributed by atoms with Crippen LogP contribution in [0, 0.1) is 26.2 Å². The van der Waals surface area contributed by atoms with Crippen LogP contribution in [0.5, 0.6) is 0 Å². The summed E-state index contributed by atoms with van der Waals surface area (Å²) in [5.74, 6) is 2.35. The van der Waals surface area contributed by atoms with E-state index in [-0.39, 0.29) is 11.9 Å². The van der Waals surface area contributed by atoms with Crippen molar-refractivity contribution >= 4 is 5.91 Å². The zero-order valence-corrected chi connectivity index (χ0v) is 9.29. The van der Waals surface area contributed by atoms with Crippen molar-refractivity contribution in [1.29, 1.82) is 0 Å². The third kappa shape index (κ3) is 2.85. The summed E-state index contributed by atoms with van der Waals surface area (Å²) >= 11 is 0. The maximum atomic E-state index is 11.7. The van der Waals surface area contributed by atoms with Gasteiger partial charge in [0.05, 0.1) is 6.04 Å². The molecule has 1 aromatic rings. The average molecular weight is 201 g/mol. The molecule has 0 aliphatic heterocycles. The molecule has 1 amide bonds. The lowest BCUT2D eigenvalue weighted by Gasteiger charge is -2.10. The number of benzene rings is 1. The molecule has 0 radical (unpaired) electrons. The number of terminal acetylenes is 1. The number of amides is 1. The Morgan fingerprint density at radius 1 is 1.47 bits per heavy atom. The summed E-state index contributed by atoms with van der Waals surface area (Å²) in [5.41, 5.74) is 2.80. The number of hydrogen-bond donors (Lipinski definition) is 1. The molecule has 1 atom stereocenters. The van der Waals surface area contributed by atoms with Crippen molar-refractivity contribution in [1.82, 2.24) is 5.32 Å². The third-order valence-corrected chi connectivity index (χ3v) is 2.22. The molecule has 0 aliphatic carbocycles. The molecular weight excluding hydrogens is 186 g/mol. The van der Waals surface area contributed by atoms with E-state index in [0.29, 0.717) is 5.56 Å². The van der Waals surface area contributed by atoms with Gasteiger partial charge in [-0.15, -0.1) is 6.42 Å². The molecule has 0 bridgehead atoms. The van der Waals surface area contributed by atoms with E-state index >= 15 is 0 Å². The van der Waals surface area contributed by atoms with Gasteiger partial charge >= 0.3 is 0 Å². The lowest BCUT2D eigenvalue weighted by Crippen LogP contribution is -2.31. The molecule has 1 rings (SSSR count). The summed E-state index contributed by atoms with van der Waals surface area (Å²) < 4.78 is 0. The molecule has 2 heteroatoms. The van der Waals surface area contributed by atoms with E-state index in [1.807, 2.05) is 32.0 Å². The van der Waals surface area contributed by atoms with Crippen molar-refractivity contribution in [3.8, 4) is 12.3 Å². The molecule has 0 aromatic heterocycles. The molecule has 0 saturated carbocycles. The molecule has 0 fully saturated rings. The number of nitrogens with one attached hydrogen (secondary N) is 1. The zero-order valence-electron chi connectivity index (χ0n) is 9.29. The fourth-order valence-electron chi connectivity index (χ4n) is 1.38. The van der Waals surface area contributed by atoms with Gasteiger partial charge in [0.2, 0.25) is 0 Å². The summed E-state index contributed by atoms with van der Waals surface area (Å²) in [6.45, 7) is 5.70. The van der Waals surface area contributed by atoms with Gasteiger partial charge in [-0.25, -0.2) is 0 Å². The Hall–Kier alpha value is -1.75. The van der Waals surface area contributed by atoms with Gasteiger partial charge in [-0.3, -0.25) is 4.79 Å². The Kier molecular flexibility index (Phi) is 3.51. The van der Waals surface area contributed by atoms with E-state index in [2.05, 4.69) is 11.2 Å². The Labute approximate surface area is 90.7 Å². The predicted molar refractivity (Wildman–Crippen MR) is 61.7 cm³/mol. The van der Waals surface area contributed by atoms with Gasteiger partial charge in [0.1, 0.15) is 0 Å². The molecule has 1 N–H and O–H groups in total. The number of rotatable bonds is 2.